The molecule has 12 heavy (non-hydrogen) atoms. The van der Waals surface area contributed by atoms with E-state index in [-0.39, 0.29) is 4.92 Å². The predicted octanol–water partition coefficient (Wildman–Crippen LogP) is 1.96. The van der Waals surface area contributed by atoms with Crippen LogP contribution in [0.3, 0.4) is 0 Å². The van der Waals surface area contributed by atoms with Gasteiger partial charge < -0.3 is 0 Å². The van der Waals surface area contributed by atoms with Gasteiger partial charge in [-0.3, -0.25) is 10.1 Å². The van der Waals surface area contributed by atoms with E-state index in [1.54, 1.807) is 0 Å². The molecule has 1 aromatic carbocycles. The Kier molecular flexibility index (Phi) is 1.57. The molecule has 0 aliphatic heterocycles. The Morgan fingerprint density at radius 3 is 2.92 bits per heavy atom. The minimum Gasteiger partial charge on any atom is -0.264 e. The van der Waals surface area contributed by atoms with Crippen molar-refractivity contribution >= 4 is 0 Å². The van der Waals surface area contributed by atoms with Crippen molar-refractivity contribution in [2.45, 2.75) is 12.5 Å². The smallest absolute Gasteiger partial charge is 0.238 e. The first-order chi connectivity index (χ1) is 5.79. The molecule has 1 radical (unpaired) electrons. The van der Waals surface area contributed by atoms with Crippen LogP contribution in [0.25, 0.3) is 0 Å². The molecule has 1 atom stereocenters. The van der Waals surface area contributed by atoms with Crippen molar-refractivity contribution in [1.82, 2.24) is 0 Å². The van der Waals surface area contributed by atoms with Crippen LogP contribution in [0.2, 0.25) is 0 Å². The Morgan fingerprint density at radius 2 is 2.17 bits per heavy atom. The predicted molar refractivity (Wildman–Crippen MR) is 44.2 cm³/mol. The highest BCUT2D eigenvalue weighted by Gasteiger charge is 2.30. The molecular weight excluding hydrogens is 154 g/mol. The Bertz CT molecular complexity index is 322. The van der Waals surface area contributed by atoms with E-state index in [0.29, 0.717) is 6.42 Å². The molecule has 0 fully saturated rings. The lowest BCUT2D eigenvalue weighted by Crippen LogP contribution is -2.05. The van der Waals surface area contributed by atoms with Gasteiger partial charge in [0, 0.05) is 16.9 Å². The van der Waals surface area contributed by atoms with Gasteiger partial charge in [0.25, 0.3) is 0 Å². The van der Waals surface area contributed by atoms with Crippen LogP contribution in [0.1, 0.15) is 23.6 Å². The zero-order valence-electron chi connectivity index (χ0n) is 6.43. The summed E-state index contributed by atoms with van der Waals surface area (Å²) in [4.78, 5) is 10.3. The first kappa shape index (κ1) is 7.28. The zero-order chi connectivity index (χ0) is 8.55. The molecule has 0 amide bonds. The molecule has 0 saturated carbocycles. The van der Waals surface area contributed by atoms with Crippen molar-refractivity contribution < 1.29 is 4.92 Å². The Morgan fingerprint density at radius 1 is 1.42 bits per heavy atom. The average molecular weight is 162 g/mol. The van der Waals surface area contributed by atoms with E-state index in [1.165, 1.54) is 0 Å². The summed E-state index contributed by atoms with van der Waals surface area (Å²) in [7, 11) is 0. The second-order valence-electron chi connectivity index (χ2n) is 2.87. The molecule has 2 rings (SSSR count). The molecule has 61 valence electrons. The monoisotopic (exact) mass is 162 g/mol. The normalized spacial score (nSPS) is 20.5. The number of benzene rings is 1. The van der Waals surface area contributed by atoms with Crippen LogP contribution < -0.4 is 0 Å². The fourth-order valence-corrected chi connectivity index (χ4v) is 1.57. The lowest BCUT2D eigenvalue weighted by molar-refractivity contribution is -0.527. The van der Waals surface area contributed by atoms with Crippen LogP contribution in [0.4, 0.5) is 0 Å². The summed E-state index contributed by atoms with van der Waals surface area (Å²) in [5.74, 6) is 0. The minimum absolute atomic E-state index is 0.220. The zero-order valence-corrected chi connectivity index (χ0v) is 6.43. The molecule has 0 aromatic heterocycles. The highest BCUT2D eigenvalue weighted by Crippen LogP contribution is 2.34. The number of fused-ring (bicyclic) bond motifs is 1. The van der Waals surface area contributed by atoms with Gasteiger partial charge in [-0.25, -0.2) is 0 Å². The quantitative estimate of drug-likeness (QED) is 0.468. The minimum atomic E-state index is -0.513. The van der Waals surface area contributed by atoms with E-state index in [2.05, 4.69) is 0 Å². The molecule has 1 aliphatic rings. The highest BCUT2D eigenvalue weighted by atomic mass is 16.6. The average Bonchev–Trinajstić information content (AvgIpc) is 2.47. The van der Waals surface area contributed by atoms with Crippen LogP contribution in [0.15, 0.2) is 24.3 Å². The van der Waals surface area contributed by atoms with E-state index in [9.17, 15) is 10.1 Å². The van der Waals surface area contributed by atoms with Gasteiger partial charge >= 0.3 is 0 Å². The van der Waals surface area contributed by atoms with Gasteiger partial charge in [-0.05, 0) is 12.0 Å². The fourth-order valence-electron chi connectivity index (χ4n) is 1.57. The summed E-state index contributed by atoms with van der Waals surface area (Å²) in [6.45, 7) is 0. The summed E-state index contributed by atoms with van der Waals surface area (Å²) in [6.07, 6.45) is 2.45. The molecule has 1 aromatic rings. The first-order valence-electron chi connectivity index (χ1n) is 3.84. The molecule has 1 aliphatic carbocycles. The fraction of sp³-hybridized carbons (Fsp3) is 0.222. The number of nitrogens with zero attached hydrogens (tertiary/aromatic N) is 1. The SMILES string of the molecule is O=[N+]([O-])C1C[CH]c2ccccc21. The second kappa shape index (κ2) is 2.59. The van der Waals surface area contributed by atoms with Crippen molar-refractivity contribution in [2.24, 2.45) is 0 Å². The van der Waals surface area contributed by atoms with Gasteiger partial charge in [-0.1, -0.05) is 24.3 Å². The molecule has 0 N–H and O–H groups in total. The second-order valence-corrected chi connectivity index (χ2v) is 2.87. The summed E-state index contributed by atoms with van der Waals surface area (Å²) in [6, 6.07) is 6.97. The topological polar surface area (TPSA) is 43.1 Å². The number of nitro groups is 1. The maximum atomic E-state index is 10.5. The molecular formula is C9H8NO2. The summed E-state index contributed by atoms with van der Waals surface area (Å²) in [5.41, 5.74) is 1.86. The van der Waals surface area contributed by atoms with E-state index < -0.39 is 6.04 Å². The van der Waals surface area contributed by atoms with Crippen molar-refractivity contribution in [3.05, 3.63) is 51.9 Å². The first-order valence-corrected chi connectivity index (χ1v) is 3.84. The van der Waals surface area contributed by atoms with Crippen molar-refractivity contribution in [2.75, 3.05) is 0 Å². The third kappa shape index (κ3) is 0.978. The Hall–Kier alpha value is -1.38. The summed E-state index contributed by atoms with van der Waals surface area (Å²) < 4.78 is 0. The van der Waals surface area contributed by atoms with Crippen LogP contribution in [-0.4, -0.2) is 4.92 Å². The molecule has 0 spiro atoms. The van der Waals surface area contributed by atoms with E-state index >= 15 is 0 Å². The van der Waals surface area contributed by atoms with Crippen LogP contribution >= 0.6 is 0 Å². The van der Waals surface area contributed by atoms with Crippen LogP contribution in [0.5, 0.6) is 0 Å². The molecule has 0 heterocycles. The van der Waals surface area contributed by atoms with Gasteiger partial charge in [-0.15, -0.1) is 0 Å². The lowest BCUT2D eigenvalue weighted by Gasteiger charge is -2.01. The standard InChI is InChI=1S/C9H8NO2/c11-10(12)9-6-5-7-3-1-2-4-8(7)9/h1-5,9H,6H2. The third-order valence-corrected chi connectivity index (χ3v) is 2.17. The Balaban J connectivity index is 2.42. The van der Waals surface area contributed by atoms with Gasteiger partial charge in [0.05, 0.1) is 0 Å². The maximum absolute atomic E-state index is 10.5. The van der Waals surface area contributed by atoms with Crippen molar-refractivity contribution in [3.8, 4) is 0 Å². The molecule has 0 saturated heterocycles. The van der Waals surface area contributed by atoms with E-state index in [1.807, 2.05) is 30.7 Å². The van der Waals surface area contributed by atoms with Crippen LogP contribution in [0, 0.1) is 16.5 Å². The summed E-state index contributed by atoms with van der Waals surface area (Å²) >= 11 is 0. The number of hydrogen-bond acceptors (Lipinski definition) is 2. The van der Waals surface area contributed by atoms with E-state index in [4.69, 9.17) is 0 Å². The lowest BCUT2D eigenvalue weighted by atomic mass is 10.1. The highest BCUT2D eigenvalue weighted by molar-refractivity contribution is 5.39. The van der Waals surface area contributed by atoms with Crippen molar-refractivity contribution in [3.63, 3.8) is 0 Å². The van der Waals surface area contributed by atoms with E-state index in [0.717, 1.165) is 11.1 Å². The largest absolute Gasteiger partial charge is 0.264 e. The molecule has 0 bridgehead atoms. The summed E-state index contributed by atoms with van der Waals surface area (Å²) in [5, 5.41) is 10.5. The molecule has 3 heteroatoms. The molecule has 3 nitrogen and oxygen atoms in total. The number of rotatable bonds is 1. The number of hydrogen-bond donors (Lipinski definition) is 0. The van der Waals surface area contributed by atoms with Crippen molar-refractivity contribution in [1.29, 1.82) is 0 Å². The maximum Gasteiger partial charge on any atom is 0.238 e. The van der Waals surface area contributed by atoms with Gasteiger partial charge in [-0.2, -0.15) is 0 Å². The molecule has 1 unspecified atom stereocenters. The Labute approximate surface area is 70.2 Å². The van der Waals surface area contributed by atoms with Gasteiger partial charge in [0.15, 0.2) is 0 Å². The van der Waals surface area contributed by atoms with Gasteiger partial charge in [0.2, 0.25) is 6.04 Å². The van der Waals surface area contributed by atoms with Crippen LogP contribution in [-0.2, 0) is 0 Å². The third-order valence-electron chi connectivity index (χ3n) is 2.17. The van der Waals surface area contributed by atoms with Gasteiger partial charge in [0.1, 0.15) is 0 Å².